The van der Waals surface area contributed by atoms with E-state index >= 15 is 0 Å². The number of hydrogen-bond acceptors (Lipinski definition) is 5. The minimum Gasteiger partial charge on any atom is -0.497 e. The monoisotopic (exact) mass is 444 g/mol. The van der Waals surface area contributed by atoms with Crippen LogP contribution in [0.3, 0.4) is 0 Å². The summed E-state index contributed by atoms with van der Waals surface area (Å²) >= 11 is 0. The number of methoxy groups -OCH3 is 1. The topological polar surface area (TPSA) is 74.8 Å². The molecule has 33 heavy (non-hydrogen) atoms. The molecule has 0 saturated heterocycles. The van der Waals surface area contributed by atoms with Gasteiger partial charge in [0.25, 0.3) is 11.8 Å². The van der Waals surface area contributed by atoms with Gasteiger partial charge in [-0.1, -0.05) is 12.6 Å². The number of aryl methyl sites for hydroxylation is 1. The number of nitrogens with one attached hydrogen (secondary N) is 1. The van der Waals surface area contributed by atoms with Crippen LogP contribution < -0.4 is 19.9 Å². The third-order valence-corrected chi connectivity index (χ3v) is 5.22. The zero-order chi connectivity index (χ0) is 24.0. The summed E-state index contributed by atoms with van der Waals surface area (Å²) in [5.41, 5.74) is 3.74. The first-order valence-corrected chi connectivity index (χ1v) is 10.4. The van der Waals surface area contributed by atoms with Crippen molar-refractivity contribution >= 4 is 28.9 Å². The first-order valence-electron chi connectivity index (χ1n) is 10.4. The largest absolute Gasteiger partial charge is 0.497 e. The van der Waals surface area contributed by atoms with Crippen molar-refractivity contribution in [1.29, 1.82) is 0 Å². The first-order chi connectivity index (χ1) is 15.8. The van der Waals surface area contributed by atoms with E-state index in [1.54, 1.807) is 55.9 Å². The second-order valence-corrected chi connectivity index (χ2v) is 7.68. The molecule has 0 aliphatic heterocycles. The smallest absolute Gasteiger partial charge is 0.252 e. The normalized spacial score (nSPS) is 11.3. The molecule has 0 aliphatic rings. The number of carbonyl (C=O) groups is 2. The Morgan fingerprint density at radius 2 is 1.85 bits per heavy atom. The molecule has 7 nitrogen and oxygen atoms in total. The van der Waals surface area contributed by atoms with Gasteiger partial charge in [0.2, 0.25) is 0 Å². The highest BCUT2D eigenvalue weighted by Crippen LogP contribution is 2.32. The summed E-state index contributed by atoms with van der Waals surface area (Å²) in [6.45, 7) is 5.62. The van der Waals surface area contributed by atoms with E-state index in [-0.39, 0.29) is 5.91 Å². The molecular formula is C26H28N4O3. The average molecular weight is 445 g/mol. The van der Waals surface area contributed by atoms with E-state index in [1.165, 1.54) is 11.0 Å². The number of ether oxygens (including phenoxy) is 1. The highest BCUT2D eigenvalue weighted by Gasteiger charge is 2.32. The predicted molar refractivity (Wildman–Crippen MR) is 132 cm³/mol. The number of nitrogens with zero attached hydrogens (tertiary/aromatic N) is 3. The number of rotatable bonds is 8. The molecule has 1 unspecified atom stereocenters. The molecule has 0 saturated carbocycles. The molecule has 1 heterocycles. The number of aromatic nitrogens is 1. The van der Waals surface area contributed by atoms with E-state index in [0.29, 0.717) is 22.7 Å². The maximum atomic E-state index is 13.6. The van der Waals surface area contributed by atoms with Gasteiger partial charge in [-0.05, 0) is 67.1 Å². The number of hydrogen-bond donors (Lipinski definition) is 1. The molecule has 3 rings (SSSR count). The van der Waals surface area contributed by atoms with E-state index in [4.69, 9.17) is 4.74 Å². The van der Waals surface area contributed by atoms with Crippen LogP contribution >= 0.6 is 0 Å². The molecule has 0 fully saturated rings. The Morgan fingerprint density at radius 1 is 1.12 bits per heavy atom. The fourth-order valence-corrected chi connectivity index (χ4v) is 3.63. The van der Waals surface area contributed by atoms with Crippen LogP contribution in [0.4, 0.5) is 17.1 Å². The molecule has 1 N–H and O–H groups in total. The Labute approximate surface area is 194 Å². The van der Waals surface area contributed by atoms with Gasteiger partial charge >= 0.3 is 0 Å². The van der Waals surface area contributed by atoms with Crippen LogP contribution in [0.5, 0.6) is 5.75 Å². The van der Waals surface area contributed by atoms with Gasteiger partial charge < -0.3 is 15.0 Å². The Bertz CT molecular complexity index is 1130. The first kappa shape index (κ1) is 23.5. The zero-order valence-electron chi connectivity index (χ0n) is 19.3. The summed E-state index contributed by atoms with van der Waals surface area (Å²) in [4.78, 5) is 34.2. The second-order valence-electron chi connectivity index (χ2n) is 7.68. The standard InChI is InChI=1S/C26H28N4O3/c1-6-24(31)30(21-11-14-23(29(3)4)18(2)16-21)25(19-8-7-15-27-17-19)26(32)28-20-9-12-22(33-5)13-10-20/h6-17,25H,1H2,2-5H3,(H,28,32). The lowest BCUT2D eigenvalue weighted by molar-refractivity contribution is -0.121. The average Bonchev–Trinajstić information content (AvgIpc) is 2.82. The molecule has 0 spiro atoms. The van der Waals surface area contributed by atoms with Gasteiger partial charge in [0, 0.05) is 49.1 Å². The van der Waals surface area contributed by atoms with E-state index in [1.807, 2.05) is 44.1 Å². The van der Waals surface area contributed by atoms with Gasteiger partial charge in [-0.25, -0.2) is 0 Å². The van der Waals surface area contributed by atoms with Crippen LogP contribution in [-0.2, 0) is 9.59 Å². The van der Waals surface area contributed by atoms with Crippen molar-refractivity contribution in [2.24, 2.45) is 0 Å². The predicted octanol–water partition coefficient (Wildman–Crippen LogP) is 4.36. The van der Waals surface area contributed by atoms with Gasteiger partial charge in [0.05, 0.1) is 7.11 Å². The SMILES string of the molecule is C=CC(=O)N(c1ccc(N(C)C)c(C)c1)C(C(=O)Nc1ccc(OC)cc1)c1cccnc1. The third kappa shape index (κ3) is 5.38. The van der Waals surface area contributed by atoms with Gasteiger partial charge in [0.1, 0.15) is 11.8 Å². The number of anilines is 3. The lowest BCUT2D eigenvalue weighted by Gasteiger charge is -2.31. The summed E-state index contributed by atoms with van der Waals surface area (Å²) in [5, 5.41) is 2.91. The minimum absolute atomic E-state index is 0.377. The fourth-order valence-electron chi connectivity index (χ4n) is 3.63. The minimum atomic E-state index is -0.962. The van der Waals surface area contributed by atoms with Crippen LogP contribution in [-0.4, -0.2) is 38.0 Å². The molecule has 7 heteroatoms. The molecule has 2 amide bonds. The molecule has 170 valence electrons. The summed E-state index contributed by atoms with van der Waals surface area (Å²) in [6, 6.07) is 15.2. The Morgan fingerprint density at radius 3 is 2.39 bits per heavy atom. The Kier molecular flexibility index (Phi) is 7.46. The lowest BCUT2D eigenvalue weighted by Crippen LogP contribution is -2.41. The Hall–Kier alpha value is -4.13. The van der Waals surface area contributed by atoms with Gasteiger partial charge in [-0.3, -0.25) is 19.5 Å². The van der Waals surface area contributed by atoms with E-state index in [0.717, 1.165) is 11.3 Å². The van der Waals surface area contributed by atoms with Crippen molar-refractivity contribution < 1.29 is 14.3 Å². The molecule has 0 aliphatic carbocycles. The fraction of sp³-hybridized carbons (Fsp3) is 0.192. The molecule has 1 aromatic heterocycles. The van der Waals surface area contributed by atoms with Crippen molar-refractivity contribution in [1.82, 2.24) is 4.98 Å². The van der Waals surface area contributed by atoms with E-state index in [9.17, 15) is 9.59 Å². The number of amides is 2. The van der Waals surface area contributed by atoms with Crippen molar-refractivity contribution in [2.75, 3.05) is 36.3 Å². The van der Waals surface area contributed by atoms with Crippen LogP contribution in [0, 0.1) is 6.92 Å². The summed E-state index contributed by atoms with van der Waals surface area (Å²) in [6.07, 6.45) is 4.42. The maximum absolute atomic E-state index is 13.6. The molecule has 1 atom stereocenters. The zero-order valence-corrected chi connectivity index (χ0v) is 19.3. The molecule has 3 aromatic rings. The molecule has 0 radical (unpaired) electrons. The molecule has 2 aromatic carbocycles. The summed E-state index contributed by atoms with van der Waals surface area (Å²) in [7, 11) is 5.49. The highest BCUT2D eigenvalue weighted by atomic mass is 16.5. The van der Waals surface area contributed by atoms with Crippen molar-refractivity contribution in [2.45, 2.75) is 13.0 Å². The van der Waals surface area contributed by atoms with E-state index < -0.39 is 11.9 Å². The van der Waals surface area contributed by atoms with E-state index in [2.05, 4.69) is 16.9 Å². The van der Waals surface area contributed by atoms with Gasteiger partial charge in [-0.2, -0.15) is 0 Å². The van der Waals surface area contributed by atoms with Crippen LogP contribution in [0.1, 0.15) is 17.2 Å². The van der Waals surface area contributed by atoms with Crippen LogP contribution in [0.15, 0.2) is 79.6 Å². The summed E-state index contributed by atoms with van der Waals surface area (Å²) in [5.74, 6) is -0.0971. The lowest BCUT2D eigenvalue weighted by atomic mass is 10.0. The van der Waals surface area contributed by atoms with Gasteiger partial charge in [-0.15, -0.1) is 0 Å². The van der Waals surface area contributed by atoms with Gasteiger partial charge in [0.15, 0.2) is 0 Å². The number of carbonyl (C=O) groups excluding carboxylic acids is 2. The Balaban J connectivity index is 2.07. The quantitative estimate of drug-likeness (QED) is 0.523. The number of benzene rings is 2. The van der Waals surface area contributed by atoms with Crippen LogP contribution in [0.25, 0.3) is 0 Å². The maximum Gasteiger partial charge on any atom is 0.252 e. The summed E-state index contributed by atoms with van der Waals surface area (Å²) < 4.78 is 5.18. The third-order valence-electron chi connectivity index (χ3n) is 5.22. The van der Waals surface area contributed by atoms with Crippen molar-refractivity contribution in [3.05, 3.63) is 90.8 Å². The van der Waals surface area contributed by atoms with Crippen molar-refractivity contribution in [3.63, 3.8) is 0 Å². The number of pyridine rings is 1. The van der Waals surface area contributed by atoms with Crippen LogP contribution in [0.2, 0.25) is 0 Å². The highest BCUT2D eigenvalue weighted by molar-refractivity contribution is 6.09. The van der Waals surface area contributed by atoms with Crippen molar-refractivity contribution in [3.8, 4) is 5.75 Å². The molecular weight excluding hydrogens is 416 g/mol. The molecule has 0 bridgehead atoms. The second kappa shape index (κ2) is 10.5.